The van der Waals surface area contributed by atoms with Gasteiger partial charge in [-0.1, -0.05) is 18.1 Å². The second kappa shape index (κ2) is 12.2. The van der Waals surface area contributed by atoms with Crippen LogP contribution in [0.4, 0.5) is 22.7 Å². The summed E-state index contributed by atoms with van der Waals surface area (Å²) >= 11 is 0. The highest BCUT2D eigenvalue weighted by Crippen LogP contribution is 2.37. The maximum Gasteiger partial charge on any atom is 0.257 e. The molecule has 2 aromatic heterocycles. The van der Waals surface area contributed by atoms with E-state index in [1.165, 1.54) is 5.69 Å². The standard InChI is InChI=1S/C36H33N5O3/c1-2-3-15-41-24-31(29-12-14-37-23-35(29)41)26-5-10-30-33(22-26)38-32-11-4-25(21-34(32)39-36(30)42)13-18-44-28-8-6-27(7-9-28)40-16-19-43-20-17-40/h4-12,14,21-24,38H,13,15-20H2,1H3,(H,39,42). The van der Waals surface area contributed by atoms with Gasteiger partial charge in [-0.15, -0.1) is 5.92 Å². The lowest BCUT2D eigenvalue weighted by Gasteiger charge is -2.28. The number of morpholine rings is 1. The first-order valence-electron chi connectivity index (χ1n) is 14.9. The smallest absolute Gasteiger partial charge is 0.257 e. The Hall–Kier alpha value is -5.26. The largest absolute Gasteiger partial charge is 0.493 e. The lowest BCUT2D eigenvalue weighted by Crippen LogP contribution is -2.36. The van der Waals surface area contributed by atoms with Crippen molar-refractivity contribution in [1.82, 2.24) is 9.55 Å². The molecule has 0 saturated carbocycles. The number of amides is 1. The van der Waals surface area contributed by atoms with Crippen LogP contribution in [0.5, 0.6) is 5.75 Å². The number of carbonyl (C=O) groups is 1. The number of carbonyl (C=O) groups excluding carboxylic acids is 1. The van der Waals surface area contributed by atoms with Crippen molar-refractivity contribution in [3.63, 3.8) is 0 Å². The molecule has 0 atom stereocenters. The van der Waals surface area contributed by atoms with Gasteiger partial charge >= 0.3 is 0 Å². The van der Waals surface area contributed by atoms with E-state index in [1.54, 1.807) is 6.20 Å². The summed E-state index contributed by atoms with van der Waals surface area (Å²) in [6.45, 7) is 6.32. The molecule has 220 valence electrons. The Labute approximate surface area is 256 Å². The van der Waals surface area contributed by atoms with E-state index in [4.69, 9.17) is 9.47 Å². The Balaban J connectivity index is 1.06. The van der Waals surface area contributed by atoms with Crippen molar-refractivity contribution in [2.24, 2.45) is 0 Å². The predicted molar refractivity (Wildman–Crippen MR) is 175 cm³/mol. The number of aromatic nitrogens is 2. The molecule has 7 rings (SSSR count). The normalized spacial score (nSPS) is 14.0. The average molecular weight is 584 g/mol. The van der Waals surface area contributed by atoms with E-state index in [2.05, 4.69) is 61.3 Å². The lowest BCUT2D eigenvalue weighted by atomic mass is 10.0. The Kier molecular flexibility index (Phi) is 7.61. The van der Waals surface area contributed by atoms with Crippen molar-refractivity contribution in [1.29, 1.82) is 0 Å². The second-order valence-corrected chi connectivity index (χ2v) is 10.9. The van der Waals surface area contributed by atoms with E-state index in [1.807, 2.05) is 61.7 Å². The van der Waals surface area contributed by atoms with E-state index in [0.29, 0.717) is 25.1 Å². The number of benzene rings is 3. The molecule has 0 bridgehead atoms. The average Bonchev–Trinajstić information content (AvgIpc) is 3.37. The van der Waals surface area contributed by atoms with E-state index in [9.17, 15) is 4.79 Å². The highest BCUT2D eigenvalue weighted by atomic mass is 16.5. The van der Waals surface area contributed by atoms with Crippen LogP contribution in [-0.2, 0) is 17.7 Å². The molecule has 5 aromatic rings. The molecule has 4 heterocycles. The van der Waals surface area contributed by atoms with Crippen LogP contribution in [0.1, 0.15) is 22.8 Å². The van der Waals surface area contributed by atoms with Crippen molar-refractivity contribution in [3.05, 3.63) is 96.4 Å². The molecule has 2 N–H and O–H groups in total. The SMILES string of the molecule is CC#CCn1cc(-c2ccc3c(c2)Nc2ccc(CCOc4ccc(N5CCOCC5)cc4)cc2NC3=O)c2ccncc21. The zero-order chi connectivity index (χ0) is 29.9. The summed E-state index contributed by atoms with van der Waals surface area (Å²) in [4.78, 5) is 19.9. The fourth-order valence-corrected chi connectivity index (χ4v) is 5.83. The number of anilines is 4. The summed E-state index contributed by atoms with van der Waals surface area (Å²) in [6.07, 6.45) is 6.49. The Bertz CT molecular complexity index is 1900. The Morgan fingerprint density at radius 2 is 1.80 bits per heavy atom. The number of nitrogens with zero attached hydrogens (tertiary/aromatic N) is 3. The fourth-order valence-electron chi connectivity index (χ4n) is 5.83. The van der Waals surface area contributed by atoms with Gasteiger partial charge in [-0.05, 0) is 72.6 Å². The second-order valence-electron chi connectivity index (χ2n) is 10.9. The van der Waals surface area contributed by atoms with Gasteiger partial charge in [0.1, 0.15) is 5.75 Å². The van der Waals surface area contributed by atoms with Gasteiger partial charge in [0.2, 0.25) is 0 Å². The molecular formula is C36H33N5O3. The van der Waals surface area contributed by atoms with E-state index in [-0.39, 0.29) is 5.91 Å². The first-order chi connectivity index (χ1) is 21.7. The zero-order valence-electron chi connectivity index (χ0n) is 24.6. The Morgan fingerprint density at radius 1 is 0.932 bits per heavy atom. The van der Waals surface area contributed by atoms with Crippen molar-refractivity contribution >= 4 is 39.6 Å². The van der Waals surface area contributed by atoms with Crippen LogP contribution in [-0.4, -0.2) is 48.4 Å². The molecule has 0 unspecified atom stereocenters. The van der Waals surface area contributed by atoms with E-state index < -0.39 is 0 Å². The maximum atomic E-state index is 13.3. The number of nitrogens with one attached hydrogen (secondary N) is 2. The van der Waals surface area contributed by atoms with Crippen LogP contribution in [0.3, 0.4) is 0 Å². The number of ether oxygens (including phenoxy) is 2. The molecule has 1 fully saturated rings. The molecule has 3 aromatic carbocycles. The summed E-state index contributed by atoms with van der Waals surface area (Å²) in [6, 6.07) is 22.3. The highest BCUT2D eigenvalue weighted by Gasteiger charge is 2.21. The first-order valence-corrected chi connectivity index (χ1v) is 14.9. The summed E-state index contributed by atoms with van der Waals surface area (Å²) in [5.74, 6) is 6.81. The van der Waals surface area contributed by atoms with Crippen LogP contribution in [0.15, 0.2) is 85.3 Å². The number of rotatable bonds is 7. The molecule has 2 aliphatic heterocycles. The molecule has 8 nitrogen and oxygen atoms in total. The number of hydrogen-bond donors (Lipinski definition) is 2. The van der Waals surface area contributed by atoms with Crippen LogP contribution in [0.2, 0.25) is 0 Å². The van der Waals surface area contributed by atoms with Crippen LogP contribution in [0.25, 0.3) is 22.0 Å². The zero-order valence-corrected chi connectivity index (χ0v) is 24.6. The molecule has 1 amide bonds. The van der Waals surface area contributed by atoms with Gasteiger partial charge in [-0.3, -0.25) is 9.78 Å². The third-order valence-corrected chi connectivity index (χ3v) is 8.16. The third kappa shape index (κ3) is 5.58. The van der Waals surface area contributed by atoms with Gasteiger partial charge in [0.15, 0.2) is 0 Å². The number of hydrogen-bond acceptors (Lipinski definition) is 6. The van der Waals surface area contributed by atoms with Crippen molar-refractivity contribution in [2.75, 3.05) is 48.4 Å². The van der Waals surface area contributed by atoms with E-state index >= 15 is 0 Å². The van der Waals surface area contributed by atoms with E-state index in [0.717, 1.165) is 76.7 Å². The van der Waals surface area contributed by atoms with Crippen LogP contribution >= 0.6 is 0 Å². The summed E-state index contributed by atoms with van der Waals surface area (Å²) in [7, 11) is 0. The monoisotopic (exact) mass is 583 g/mol. The number of fused-ring (bicyclic) bond motifs is 3. The maximum absolute atomic E-state index is 13.3. The topological polar surface area (TPSA) is 80.6 Å². The predicted octanol–water partition coefficient (Wildman–Crippen LogP) is 6.49. The van der Waals surface area contributed by atoms with Crippen molar-refractivity contribution in [3.8, 4) is 28.7 Å². The number of pyridine rings is 1. The summed E-state index contributed by atoms with van der Waals surface area (Å²) in [5, 5.41) is 7.70. The molecule has 44 heavy (non-hydrogen) atoms. The minimum atomic E-state index is -0.142. The Morgan fingerprint density at radius 3 is 2.64 bits per heavy atom. The van der Waals surface area contributed by atoms with Gasteiger partial charge in [-0.2, -0.15) is 0 Å². The molecule has 2 aliphatic rings. The minimum Gasteiger partial charge on any atom is -0.493 e. The van der Waals surface area contributed by atoms with Gasteiger partial charge in [0, 0.05) is 48.5 Å². The molecule has 0 spiro atoms. The molecular weight excluding hydrogens is 550 g/mol. The lowest BCUT2D eigenvalue weighted by molar-refractivity contribution is 0.102. The fraction of sp³-hybridized carbons (Fsp3) is 0.222. The van der Waals surface area contributed by atoms with Gasteiger partial charge < -0.3 is 29.6 Å². The summed E-state index contributed by atoms with van der Waals surface area (Å²) in [5.41, 5.74) is 8.34. The van der Waals surface area contributed by atoms with Gasteiger partial charge in [0.25, 0.3) is 5.91 Å². The quantitative estimate of drug-likeness (QED) is 0.213. The first kappa shape index (κ1) is 27.6. The van der Waals surface area contributed by atoms with Crippen LogP contribution in [0, 0.1) is 11.8 Å². The highest BCUT2D eigenvalue weighted by molar-refractivity contribution is 6.13. The molecule has 8 heteroatoms. The van der Waals surface area contributed by atoms with Gasteiger partial charge in [0.05, 0.1) is 60.7 Å². The van der Waals surface area contributed by atoms with Gasteiger partial charge in [-0.25, -0.2) is 0 Å². The molecule has 0 aliphatic carbocycles. The van der Waals surface area contributed by atoms with Crippen LogP contribution < -0.4 is 20.3 Å². The molecule has 0 radical (unpaired) electrons. The van der Waals surface area contributed by atoms with Crippen molar-refractivity contribution in [2.45, 2.75) is 19.9 Å². The summed E-state index contributed by atoms with van der Waals surface area (Å²) < 4.78 is 13.6. The molecule has 1 saturated heterocycles. The van der Waals surface area contributed by atoms with Crippen molar-refractivity contribution < 1.29 is 14.3 Å². The third-order valence-electron chi connectivity index (χ3n) is 8.16. The minimum absolute atomic E-state index is 0.142.